The van der Waals surface area contributed by atoms with Crippen LogP contribution < -0.4 is 5.73 Å². The summed E-state index contributed by atoms with van der Waals surface area (Å²) in [7, 11) is 0. The van der Waals surface area contributed by atoms with Gasteiger partial charge in [-0.05, 0) is 37.0 Å². The molecule has 2 aromatic rings. The summed E-state index contributed by atoms with van der Waals surface area (Å²) in [5.74, 6) is -0.204. The zero-order valence-corrected chi connectivity index (χ0v) is 10.8. The lowest BCUT2D eigenvalue weighted by Gasteiger charge is -2.10. The van der Waals surface area contributed by atoms with Crippen LogP contribution in [0.2, 0.25) is 0 Å². The van der Waals surface area contributed by atoms with Crippen molar-refractivity contribution in [3.63, 3.8) is 0 Å². The van der Waals surface area contributed by atoms with Gasteiger partial charge in [-0.1, -0.05) is 18.6 Å². The summed E-state index contributed by atoms with van der Waals surface area (Å²) in [4.78, 5) is 0. The van der Waals surface area contributed by atoms with Crippen molar-refractivity contribution < 1.29 is 4.39 Å². The molecule has 1 aromatic heterocycles. The van der Waals surface area contributed by atoms with Gasteiger partial charge in [0.15, 0.2) is 0 Å². The van der Waals surface area contributed by atoms with Gasteiger partial charge >= 0.3 is 0 Å². The van der Waals surface area contributed by atoms with Crippen LogP contribution in [-0.4, -0.2) is 9.78 Å². The third kappa shape index (κ3) is 2.54. The first-order chi connectivity index (χ1) is 9.24. The van der Waals surface area contributed by atoms with Gasteiger partial charge in [-0.15, -0.1) is 0 Å². The fourth-order valence-electron chi connectivity index (χ4n) is 2.72. The van der Waals surface area contributed by atoms with Crippen molar-refractivity contribution >= 4 is 0 Å². The van der Waals surface area contributed by atoms with E-state index in [1.807, 2.05) is 10.9 Å². The number of fused-ring (bicyclic) bond motifs is 1. The quantitative estimate of drug-likeness (QED) is 0.843. The van der Waals surface area contributed by atoms with Gasteiger partial charge in [0, 0.05) is 17.3 Å². The van der Waals surface area contributed by atoms with Crippen LogP contribution in [0.5, 0.6) is 0 Å². The van der Waals surface area contributed by atoms with Crippen LogP contribution in [0.4, 0.5) is 4.39 Å². The van der Waals surface area contributed by atoms with Crippen molar-refractivity contribution in [2.45, 2.75) is 38.3 Å². The molecule has 4 heteroatoms. The van der Waals surface area contributed by atoms with Crippen LogP contribution in [0.25, 0.3) is 0 Å². The van der Waals surface area contributed by atoms with E-state index in [1.54, 1.807) is 12.1 Å². The monoisotopic (exact) mass is 259 g/mol. The molecule has 1 aliphatic carbocycles. The van der Waals surface area contributed by atoms with E-state index in [1.165, 1.54) is 29.8 Å². The predicted octanol–water partition coefficient (Wildman–Crippen LogP) is 2.80. The number of hydrogen-bond donors (Lipinski definition) is 1. The minimum atomic E-state index is -0.204. The standard InChI is InChI=1S/C15H18FN3/c16-12-7-5-11(6-8-12)10-19-15-4-2-1-3-14(17)13(15)9-18-19/h5-9,14H,1-4,10,17H2. The predicted molar refractivity (Wildman–Crippen MR) is 72.2 cm³/mol. The molecule has 3 nitrogen and oxygen atoms in total. The van der Waals surface area contributed by atoms with Gasteiger partial charge in [-0.3, -0.25) is 4.68 Å². The Balaban J connectivity index is 1.87. The summed E-state index contributed by atoms with van der Waals surface area (Å²) in [5.41, 5.74) is 9.66. The number of nitrogens with zero attached hydrogens (tertiary/aromatic N) is 2. The lowest BCUT2D eigenvalue weighted by Crippen LogP contribution is -2.11. The molecule has 0 fully saturated rings. The van der Waals surface area contributed by atoms with Crippen molar-refractivity contribution in [2.24, 2.45) is 5.73 Å². The fourth-order valence-corrected chi connectivity index (χ4v) is 2.72. The number of benzene rings is 1. The topological polar surface area (TPSA) is 43.8 Å². The maximum absolute atomic E-state index is 12.9. The molecule has 3 rings (SSSR count). The van der Waals surface area contributed by atoms with Gasteiger partial charge < -0.3 is 5.73 Å². The van der Waals surface area contributed by atoms with E-state index in [0.717, 1.165) is 24.8 Å². The lowest BCUT2D eigenvalue weighted by molar-refractivity contribution is 0.600. The van der Waals surface area contributed by atoms with E-state index in [4.69, 9.17) is 5.73 Å². The van der Waals surface area contributed by atoms with Crippen LogP contribution >= 0.6 is 0 Å². The molecule has 1 heterocycles. The van der Waals surface area contributed by atoms with E-state index in [2.05, 4.69) is 5.10 Å². The molecule has 2 N–H and O–H groups in total. The number of halogens is 1. The maximum atomic E-state index is 12.9. The molecule has 0 bridgehead atoms. The Morgan fingerprint density at radius 3 is 2.84 bits per heavy atom. The zero-order chi connectivity index (χ0) is 13.2. The van der Waals surface area contributed by atoms with Gasteiger partial charge in [-0.25, -0.2) is 4.39 Å². The summed E-state index contributed by atoms with van der Waals surface area (Å²) in [6.45, 7) is 0.683. The highest BCUT2D eigenvalue weighted by molar-refractivity contribution is 5.25. The first-order valence-electron chi connectivity index (χ1n) is 6.78. The molecular formula is C15H18FN3. The van der Waals surface area contributed by atoms with E-state index < -0.39 is 0 Å². The first kappa shape index (κ1) is 12.4. The molecule has 1 aliphatic rings. The van der Waals surface area contributed by atoms with Crippen molar-refractivity contribution in [1.82, 2.24) is 9.78 Å². The summed E-state index contributed by atoms with van der Waals surface area (Å²) in [6.07, 6.45) is 6.30. The van der Waals surface area contributed by atoms with Gasteiger partial charge in [0.25, 0.3) is 0 Å². The van der Waals surface area contributed by atoms with Crippen molar-refractivity contribution in [3.8, 4) is 0 Å². The Hall–Kier alpha value is -1.68. The van der Waals surface area contributed by atoms with Crippen molar-refractivity contribution in [2.75, 3.05) is 0 Å². The molecule has 0 amide bonds. The zero-order valence-electron chi connectivity index (χ0n) is 10.8. The van der Waals surface area contributed by atoms with Crippen LogP contribution in [0.3, 0.4) is 0 Å². The average Bonchev–Trinajstić information content (AvgIpc) is 2.71. The van der Waals surface area contributed by atoms with Crippen LogP contribution in [0, 0.1) is 5.82 Å². The van der Waals surface area contributed by atoms with Crippen molar-refractivity contribution in [1.29, 1.82) is 0 Å². The second-order valence-electron chi connectivity index (χ2n) is 5.18. The summed E-state index contributed by atoms with van der Waals surface area (Å²) < 4.78 is 14.9. The Labute approximate surface area is 112 Å². The molecule has 0 saturated heterocycles. The highest BCUT2D eigenvalue weighted by Gasteiger charge is 2.19. The molecule has 0 saturated carbocycles. The number of nitrogens with two attached hydrogens (primary N) is 1. The van der Waals surface area contributed by atoms with E-state index in [0.29, 0.717) is 6.54 Å². The molecule has 100 valence electrons. The highest BCUT2D eigenvalue weighted by Crippen LogP contribution is 2.27. The van der Waals surface area contributed by atoms with Crippen LogP contribution in [-0.2, 0) is 13.0 Å². The van der Waals surface area contributed by atoms with Gasteiger partial charge in [0.05, 0.1) is 12.7 Å². The van der Waals surface area contributed by atoms with Crippen molar-refractivity contribution in [3.05, 3.63) is 53.1 Å². The smallest absolute Gasteiger partial charge is 0.123 e. The van der Waals surface area contributed by atoms with E-state index >= 15 is 0 Å². The number of rotatable bonds is 2. The normalized spacial score (nSPS) is 18.9. The summed E-state index contributed by atoms with van der Waals surface area (Å²) in [6, 6.07) is 6.70. The fraction of sp³-hybridized carbons (Fsp3) is 0.400. The Morgan fingerprint density at radius 2 is 2.05 bits per heavy atom. The molecule has 0 aliphatic heterocycles. The molecule has 0 radical (unpaired) electrons. The van der Waals surface area contributed by atoms with Gasteiger partial charge in [0.2, 0.25) is 0 Å². The molecule has 1 aromatic carbocycles. The SMILES string of the molecule is NC1CCCCc2c1cnn2Cc1ccc(F)cc1. The van der Waals surface area contributed by atoms with Crippen LogP contribution in [0.1, 0.15) is 42.1 Å². The average molecular weight is 259 g/mol. The van der Waals surface area contributed by atoms with E-state index in [9.17, 15) is 4.39 Å². The third-order valence-electron chi connectivity index (χ3n) is 3.80. The second-order valence-corrected chi connectivity index (χ2v) is 5.18. The van der Waals surface area contributed by atoms with E-state index in [-0.39, 0.29) is 11.9 Å². The second kappa shape index (κ2) is 5.13. The highest BCUT2D eigenvalue weighted by atomic mass is 19.1. The molecule has 19 heavy (non-hydrogen) atoms. The number of aromatic nitrogens is 2. The molecular weight excluding hydrogens is 241 g/mol. The Morgan fingerprint density at radius 1 is 1.26 bits per heavy atom. The minimum Gasteiger partial charge on any atom is -0.324 e. The molecule has 1 unspecified atom stereocenters. The lowest BCUT2D eigenvalue weighted by atomic mass is 10.1. The van der Waals surface area contributed by atoms with Crippen LogP contribution in [0.15, 0.2) is 30.5 Å². The van der Waals surface area contributed by atoms with Gasteiger partial charge in [0.1, 0.15) is 5.82 Å². The summed E-state index contributed by atoms with van der Waals surface area (Å²) in [5, 5.41) is 4.45. The third-order valence-corrected chi connectivity index (χ3v) is 3.80. The summed E-state index contributed by atoms with van der Waals surface area (Å²) >= 11 is 0. The Kier molecular flexibility index (Phi) is 3.34. The number of hydrogen-bond acceptors (Lipinski definition) is 2. The molecule has 0 spiro atoms. The maximum Gasteiger partial charge on any atom is 0.123 e. The first-order valence-corrected chi connectivity index (χ1v) is 6.78. The van der Waals surface area contributed by atoms with Gasteiger partial charge in [-0.2, -0.15) is 5.10 Å². The largest absolute Gasteiger partial charge is 0.324 e. The minimum absolute atomic E-state index is 0.111. The Bertz CT molecular complexity index is 559. The molecule has 1 atom stereocenters.